The third-order valence-electron chi connectivity index (χ3n) is 2.63. The molecule has 7 nitrogen and oxygen atoms in total. The molecule has 18 heavy (non-hydrogen) atoms. The summed E-state index contributed by atoms with van der Waals surface area (Å²) in [5.74, 6) is 0.932. The Hall–Kier alpha value is -2.15. The van der Waals surface area contributed by atoms with Crippen LogP contribution in [-0.4, -0.2) is 32.5 Å². The lowest BCUT2D eigenvalue weighted by atomic mass is 10.2. The predicted molar refractivity (Wildman–Crippen MR) is 67.5 cm³/mol. The first-order chi connectivity index (χ1) is 8.56. The Labute approximate surface area is 103 Å². The lowest BCUT2D eigenvalue weighted by Gasteiger charge is -2.02. The molecule has 0 radical (unpaired) electrons. The number of aliphatic hydroxyl groups excluding tert-OH is 1. The molecular weight excluding hydrogens is 236 g/mol. The molecule has 7 heteroatoms. The number of carbonyl (C=O) groups is 1. The average molecular weight is 252 g/mol. The first-order valence-electron chi connectivity index (χ1n) is 5.27. The number of hydrogen-bond acceptors (Lipinski definition) is 5. The Kier molecular flexibility index (Phi) is 4.22. The zero-order valence-corrected chi connectivity index (χ0v) is 10.5. The van der Waals surface area contributed by atoms with Gasteiger partial charge < -0.3 is 15.6 Å². The molecule has 2 heterocycles. The quantitative estimate of drug-likeness (QED) is 0.686. The number of nitrogen functional groups attached to an aromatic ring is 1. The maximum atomic E-state index is 12.0. The largest absolute Gasteiger partial charge is 0.400 e. The van der Waals surface area contributed by atoms with Gasteiger partial charge in [0.2, 0.25) is 5.78 Å². The van der Waals surface area contributed by atoms with Gasteiger partial charge in [-0.1, -0.05) is 0 Å². The van der Waals surface area contributed by atoms with Gasteiger partial charge >= 0.3 is 0 Å². The summed E-state index contributed by atoms with van der Waals surface area (Å²) in [5.41, 5.74) is 6.44. The highest BCUT2D eigenvalue weighted by Gasteiger charge is 2.12. The van der Waals surface area contributed by atoms with E-state index < -0.39 is 0 Å². The number of imidazole rings is 1. The lowest BCUT2D eigenvalue weighted by Crippen LogP contribution is -2.21. The van der Waals surface area contributed by atoms with Gasteiger partial charge in [0.05, 0.1) is 11.9 Å². The predicted octanol–water partition coefficient (Wildman–Crippen LogP) is -0.726. The van der Waals surface area contributed by atoms with Gasteiger partial charge in [-0.2, -0.15) is 0 Å². The zero-order valence-electron chi connectivity index (χ0n) is 10.5. The summed E-state index contributed by atoms with van der Waals surface area (Å²) in [4.78, 5) is 26.7. The molecule has 2 aromatic rings. The highest BCUT2D eigenvalue weighted by atomic mass is 16.2. The zero-order chi connectivity index (χ0) is 13.9. The number of carbonyl (C=O) groups excluding carboxylic acids is 1. The van der Waals surface area contributed by atoms with E-state index in [4.69, 9.17) is 10.8 Å². The van der Waals surface area contributed by atoms with E-state index in [1.54, 1.807) is 18.5 Å². The number of hydrogen-bond donors (Lipinski definition) is 2. The summed E-state index contributed by atoms with van der Waals surface area (Å²) in [6.45, 7) is 1.71. The molecule has 0 spiro atoms. The molecule has 98 valence electrons. The Morgan fingerprint density at radius 1 is 1.50 bits per heavy atom. The van der Waals surface area contributed by atoms with Crippen molar-refractivity contribution in [2.75, 3.05) is 12.8 Å². The molecule has 0 saturated carbocycles. The Balaban J connectivity index is 0.000000771. The fraction of sp³-hybridized carbons (Fsp3) is 0.364. The Bertz CT molecular complexity index is 627. The molecule has 0 aliphatic rings. The van der Waals surface area contributed by atoms with Crippen LogP contribution in [0.5, 0.6) is 0 Å². The highest BCUT2D eigenvalue weighted by molar-refractivity contribution is 5.56. The molecular formula is C11H16N4O3. The molecule has 3 N–H and O–H groups in total. The summed E-state index contributed by atoms with van der Waals surface area (Å²) in [6.07, 6.45) is 2.29. The number of fused-ring (bicyclic) bond motifs is 1. The van der Waals surface area contributed by atoms with E-state index in [1.165, 1.54) is 10.6 Å². The number of anilines is 1. The minimum Gasteiger partial charge on any atom is -0.400 e. The van der Waals surface area contributed by atoms with Crippen LogP contribution in [0.4, 0.5) is 5.82 Å². The van der Waals surface area contributed by atoms with Crippen molar-refractivity contribution in [3.8, 4) is 0 Å². The standard InChI is InChI=1S/C10H12N4O2.CH4O/c1-6-7(3-4-15)9(16)14-5-8(11)13(2)10(14)12-6;1-2/h4-5H,3,11H2,1-2H3;2H,1H3. The minimum absolute atomic E-state index is 0.0788. The molecule has 0 bridgehead atoms. The van der Waals surface area contributed by atoms with Crippen molar-refractivity contribution in [1.82, 2.24) is 14.0 Å². The van der Waals surface area contributed by atoms with E-state index in [0.29, 0.717) is 29.1 Å². The van der Waals surface area contributed by atoms with Gasteiger partial charge in [-0.05, 0) is 6.92 Å². The van der Waals surface area contributed by atoms with Crippen molar-refractivity contribution in [2.24, 2.45) is 7.05 Å². The molecule has 0 saturated heterocycles. The maximum Gasteiger partial charge on any atom is 0.263 e. The van der Waals surface area contributed by atoms with E-state index in [9.17, 15) is 9.59 Å². The summed E-state index contributed by atoms with van der Waals surface area (Å²) in [7, 11) is 2.73. The van der Waals surface area contributed by atoms with Gasteiger partial charge in [-0.15, -0.1) is 0 Å². The van der Waals surface area contributed by atoms with Gasteiger partial charge in [0.25, 0.3) is 5.56 Å². The Morgan fingerprint density at radius 3 is 2.67 bits per heavy atom. The van der Waals surface area contributed by atoms with Crippen molar-refractivity contribution in [1.29, 1.82) is 0 Å². The lowest BCUT2D eigenvalue weighted by molar-refractivity contribution is -0.107. The molecule has 0 aliphatic heterocycles. The van der Waals surface area contributed by atoms with Crippen LogP contribution < -0.4 is 11.3 Å². The molecule has 2 rings (SSSR count). The first kappa shape index (κ1) is 13.9. The van der Waals surface area contributed by atoms with Crippen LogP contribution >= 0.6 is 0 Å². The smallest absolute Gasteiger partial charge is 0.263 e. The van der Waals surface area contributed by atoms with Crippen LogP contribution in [0, 0.1) is 6.92 Å². The van der Waals surface area contributed by atoms with E-state index in [0.717, 1.165) is 7.11 Å². The third kappa shape index (κ3) is 2.12. The monoisotopic (exact) mass is 252 g/mol. The van der Waals surface area contributed by atoms with Gasteiger partial charge in [-0.3, -0.25) is 9.36 Å². The maximum absolute atomic E-state index is 12.0. The van der Waals surface area contributed by atoms with Crippen LogP contribution in [0.25, 0.3) is 5.78 Å². The van der Waals surface area contributed by atoms with Gasteiger partial charge in [0, 0.05) is 26.1 Å². The van der Waals surface area contributed by atoms with Crippen molar-refractivity contribution >= 4 is 17.9 Å². The fourth-order valence-electron chi connectivity index (χ4n) is 1.67. The second-order valence-corrected chi connectivity index (χ2v) is 3.63. The normalized spacial score (nSPS) is 10.0. The van der Waals surface area contributed by atoms with E-state index in [2.05, 4.69) is 4.98 Å². The average Bonchev–Trinajstić information content (AvgIpc) is 2.65. The minimum atomic E-state index is -0.234. The van der Waals surface area contributed by atoms with Crippen LogP contribution in [0.15, 0.2) is 11.0 Å². The number of aldehydes is 1. The van der Waals surface area contributed by atoms with Crippen LogP contribution in [0.2, 0.25) is 0 Å². The second-order valence-electron chi connectivity index (χ2n) is 3.63. The number of aryl methyl sites for hydroxylation is 2. The summed E-state index contributed by atoms with van der Waals surface area (Å²) >= 11 is 0. The van der Waals surface area contributed by atoms with E-state index >= 15 is 0 Å². The number of nitrogens with zero attached hydrogens (tertiary/aromatic N) is 3. The Morgan fingerprint density at radius 2 is 2.11 bits per heavy atom. The summed E-state index contributed by atoms with van der Waals surface area (Å²) < 4.78 is 2.99. The molecule has 0 aliphatic carbocycles. The molecule has 2 aromatic heterocycles. The molecule has 0 aromatic carbocycles. The first-order valence-corrected chi connectivity index (χ1v) is 5.27. The van der Waals surface area contributed by atoms with E-state index in [-0.39, 0.29) is 12.0 Å². The molecule has 0 fully saturated rings. The fourth-order valence-corrected chi connectivity index (χ4v) is 1.67. The number of aliphatic hydroxyl groups is 1. The van der Waals surface area contributed by atoms with Crippen LogP contribution in [-0.2, 0) is 18.3 Å². The molecule has 0 unspecified atom stereocenters. The van der Waals surface area contributed by atoms with Gasteiger partial charge in [-0.25, -0.2) is 9.38 Å². The van der Waals surface area contributed by atoms with Crippen molar-refractivity contribution in [3.63, 3.8) is 0 Å². The van der Waals surface area contributed by atoms with E-state index in [1.807, 2.05) is 0 Å². The van der Waals surface area contributed by atoms with Crippen molar-refractivity contribution in [2.45, 2.75) is 13.3 Å². The summed E-state index contributed by atoms with van der Waals surface area (Å²) in [5, 5.41) is 7.00. The topological polar surface area (TPSA) is 103 Å². The highest BCUT2D eigenvalue weighted by Crippen LogP contribution is 2.09. The second kappa shape index (κ2) is 5.46. The molecule has 0 atom stereocenters. The van der Waals surface area contributed by atoms with Crippen LogP contribution in [0.3, 0.4) is 0 Å². The number of aromatic nitrogens is 3. The number of nitrogens with two attached hydrogens (primary N) is 1. The van der Waals surface area contributed by atoms with Crippen molar-refractivity contribution < 1.29 is 9.90 Å². The number of rotatable bonds is 2. The summed E-state index contributed by atoms with van der Waals surface area (Å²) in [6, 6.07) is 0. The van der Waals surface area contributed by atoms with Crippen LogP contribution in [0.1, 0.15) is 11.3 Å². The van der Waals surface area contributed by atoms with Crippen molar-refractivity contribution in [3.05, 3.63) is 27.8 Å². The third-order valence-corrected chi connectivity index (χ3v) is 2.63. The molecule has 0 amide bonds. The SMILES string of the molecule is CO.Cc1nc2n(C)c(N)cn2c(=O)c1CC=O. The van der Waals surface area contributed by atoms with Gasteiger partial charge in [0.15, 0.2) is 0 Å². The van der Waals surface area contributed by atoms with Gasteiger partial charge in [0.1, 0.15) is 12.1 Å².